The van der Waals surface area contributed by atoms with Gasteiger partial charge in [-0.05, 0) is 18.4 Å². The van der Waals surface area contributed by atoms with E-state index in [-0.39, 0.29) is 29.8 Å². The average Bonchev–Trinajstić information content (AvgIpc) is 2.71. The summed E-state index contributed by atoms with van der Waals surface area (Å²) in [6.07, 6.45) is 2.31. The summed E-state index contributed by atoms with van der Waals surface area (Å²) in [7, 11) is -2.93. The van der Waals surface area contributed by atoms with Crippen molar-refractivity contribution in [3.8, 4) is 0 Å². The predicted molar refractivity (Wildman–Crippen MR) is 81.3 cm³/mol. The van der Waals surface area contributed by atoms with E-state index in [1.807, 2.05) is 24.3 Å². The van der Waals surface area contributed by atoms with E-state index in [0.717, 1.165) is 10.0 Å². The van der Waals surface area contributed by atoms with Crippen LogP contribution in [0.15, 0.2) is 33.8 Å². The van der Waals surface area contributed by atoms with E-state index in [2.05, 4.69) is 26.5 Å². The molecule has 0 unspecified atom stereocenters. The Hall–Kier alpha value is -1.21. The molecule has 0 spiro atoms. The highest BCUT2D eigenvalue weighted by Gasteiger charge is 2.29. The first kappa shape index (κ1) is 15.2. The lowest BCUT2D eigenvalue weighted by Gasteiger charge is -2.05. The molecule has 1 aromatic carbocycles. The van der Waals surface area contributed by atoms with Crippen molar-refractivity contribution in [2.45, 2.75) is 12.8 Å². The van der Waals surface area contributed by atoms with Gasteiger partial charge in [-0.3, -0.25) is 4.79 Å². The van der Waals surface area contributed by atoms with Crippen LogP contribution in [-0.4, -0.2) is 32.0 Å². The number of halogens is 1. The molecular weight excluding hydrogens is 344 g/mol. The van der Waals surface area contributed by atoms with Crippen LogP contribution in [0.25, 0.3) is 0 Å². The monoisotopic (exact) mass is 358 g/mol. The van der Waals surface area contributed by atoms with Crippen molar-refractivity contribution >= 4 is 37.9 Å². The summed E-state index contributed by atoms with van der Waals surface area (Å²) in [6, 6.07) is 7.51. The largest absolute Gasteiger partial charge is 0.273 e. The lowest BCUT2D eigenvalue weighted by atomic mass is 10.1. The molecule has 0 aliphatic carbocycles. The maximum absolute atomic E-state index is 11.7. The number of carbonyl (C=O) groups is 1. The minimum Gasteiger partial charge on any atom is -0.273 e. The zero-order valence-corrected chi connectivity index (χ0v) is 13.2. The molecule has 0 radical (unpaired) electrons. The van der Waals surface area contributed by atoms with E-state index >= 15 is 0 Å². The summed E-state index contributed by atoms with van der Waals surface area (Å²) in [4.78, 5) is 11.7. The Morgan fingerprint density at radius 1 is 1.45 bits per heavy atom. The molecule has 1 saturated heterocycles. The van der Waals surface area contributed by atoms with Gasteiger partial charge in [0, 0.05) is 16.5 Å². The van der Waals surface area contributed by atoms with Gasteiger partial charge in [0.25, 0.3) is 0 Å². The zero-order chi connectivity index (χ0) is 14.6. The molecule has 0 aromatic heterocycles. The quantitative estimate of drug-likeness (QED) is 0.657. The second-order valence-electron chi connectivity index (χ2n) is 4.79. The number of amides is 1. The number of rotatable bonds is 4. The summed E-state index contributed by atoms with van der Waals surface area (Å²) in [5.74, 6) is -0.0476. The van der Waals surface area contributed by atoms with Crippen molar-refractivity contribution in [1.29, 1.82) is 0 Å². The van der Waals surface area contributed by atoms with Gasteiger partial charge < -0.3 is 0 Å². The van der Waals surface area contributed by atoms with Crippen molar-refractivity contribution in [1.82, 2.24) is 5.43 Å². The van der Waals surface area contributed by atoms with Crippen LogP contribution < -0.4 is 5.43 Å². The molecule has 108 valence electrons. The molecule has 0 saturated carbocycles. The highest BCUT2D eigenvalue weighted by Crippen LogP contribution is 2.21. The molecule has 20 heavy (non-hydrogen) atoms. The van der Waals surface area contributed by atoms with Gasteiger partial charge in [-0.15, -0.1) is 0 Å². The third-order valence-electron chi connectivity index (χ3n) is 3.10. The predicted octanol–water partition coefficient (Wildman–Crippen LogP) is 1.72. The normalized spacial score (nSPS) is 21.1. The van der Waals surface area contributed by atoms with E-state index in [0.29, 0.717) is 6.42 Å². The van der Waals surface area contributed by atoms with Crippen LogP contribution in [-0.2, 0) is 14.6 Å². The van der Waals surface area contributed by atoms with Crippen molar-refractivity contribution < 1.29 is 13.2 Å². The van der Waals surface area contributed by atoms with Crippen LogP contribution in [0, 0.1) is 5.92 Å². The van der Waals surface area contributed by atoms with Crippen molar-refractivity contribution in [3.63, 3.8) is 0 Å². The Morgan fingerprint density at radius 3 is 2.85 bits per heavy atom. The fraction of sp³-hybridized carbons (Fsp3) is 0.385. The molecule has 0 bridgehead atoms. The molecule has 1 N–H and O–H groups in total. The minimum absolute atomic E-state index is 0.0846. The Labute approximate surface area is 126 Å². The maximum atomic E-state index is 11.7. The average molecular weight is 359 g/mol. The van der Waals surface area contributed by atoms with E-state index < -0.39 is 9.84 Å². The molecule has 1 atom stereocenters. The number of nitrogens with zero attached hydrogens (tertiary/aromatic N) is 1. The molecule has 5 nitrogen and oxygen atoms in total. The van der Waals surface area contributed by atoms with Crippen LogP contribution in [0.3, 0.4) is 0 Å². The third kappa shape index (κ3) is 4.42. The van der Waals surface area contributed by atoms with Crippen LogP contribution in [0.2, 0.25) is 0 Å². The van der Waals surface area contributed by atoms with E-state index in [4.69, 9.17) is 0 Å². The van der Waals surface area contributed by atoms with Crippen LogP contribution in [0.1, 0.15) is 18.4 Å². The molecule has 1 fully saturated rings. The molecular formula is C13H15BrN2O3S. The summed E-state index contributed by atoms with van der Waals surface area (Å²) < 4.78 is 23.5. The topological polar surface area (TPSA) is 75.6 Å². The van der Waals surface area contributed by atoms with Crippen molar-refractivity contribution in [3.05, 3.63) is 34.3 Å². The Bertz CT molecular complexity index is 628. The standard InChI is InChI=1S/C13H15BrN2O3S/c14-12-4-2-1-3-11(12)8-15-16-13(17)7-10-5-6-20(18,19)9-10/h1-4,8,10H,5-7,9H2,(H,16,17)/b15-8-/t10-/m1/s1. The van der Waals surface area contributed by atoms with Gasteiger partial charge in [0.1, 0.15) is 0 Å². The zero-order valence-electron chi connectivity index (χ0n) is 10.8. The van der Waals surface area contributed by atoms with E-state index in [1.54, 1.807) is 6.21 Å². The highest BCUT2D eigenvalue weighted by molar-refractivity contribution is 9.10. The molecule has 2 rings (SSSR count). The summed E-state index contributed by atoms with van der Waals surface area (Å²) >= 11 is 3.38. The molecule has 7 heteroatoms. The third-order valence-corrected chi connectivity index (χ3v) is 5.66. The second-order valence-corrected chi connectivity index (χ2v) is 7.87. The Morgan fingerprint density at radius 2 is 2.20 bits per heavy atom. The first-order valence-electron chi connectivity index (χ1n) is 6.23. The van der Waals surface area contributed by atoms with Crippen LogP contribution in [0.4, 0.5) is 0 Å². The van der Waals surface area contributed by atoms with Gasteiger partial charge >= 0.3 is 0 Å². The number of nitrogens with one attached hydrogen (secondary N) is 1. The van der Waals surface area contributed by atoms with Crippen LogP contribution in [0.5, 0.6) is 0 Å². The summed E-state index contributed by atoms with van der Waals surface area (Å²) in [6.45, 7) is 0. The van der Waals surface area contributed by atoms with E-state index in [1.165, 1.54) is 0 Å². The van der Waals surface area contributed by atoms with Crippen LogP contribution >= 0.6 is 15.9 Å². The SMILES string of the molecule is O=C(C[C@H]1CCS(=O)(=O)C1)N/N=C\c1ccccc1Br. The number of carbonyl (C=O) groups excluding carboxylic acids is 1. The van der Waals surface area contributed by atoms with Crippen molar-refractivity contribution in [2.24, 2.45) is 11.0 Å². The van der Waals surface area contributed by atoms with Gasteiger partial charge in [0.05, 0.1) is 17.7 Å². The van der Waals surface area contributed by atoms with Gasteiger partial charge in [0.2, 0.25) is 5.91 Å². The number of benzene rings is 1. The smallest absolute Gasteiger partial charge is 0.240 e. The maximum Gasteiger partial charge on any atom is 0.240 e. The fourth-order valence-corrected chi connectivity index (χ4v) is 4.34. The molecule has 1 heterocycles. The number of hydrogen-bond acceptors (Lipinski definition) is 4. The van der Waals surface area contributed by atoms with Gasteiger partial charge in [-0.25, -0.2) is 13.8 Å². The second kappa shape index (κ2) is 6.49. The molecule has 1 aliphatic heterocycles. The number of sulfone groups is 1. The highest BCUT2D eigenvalue weighted by atomic mass is 79.9. The summed E-state index contributed by atoms with van der Waals surface area (Å²) in [5, 5.41) is 3.88. The number of hydrazone groups is 1. The molecule has 1 aromatic rings. The Balaban J connectivity index is 1.83. The number of hydrogen-bond donors (Lipinski definition) is 1. The first-order valence-corrected chi connectivity index (χ1v) is 8.84. The van der Waals surface area contributed by atoms with Crippen molar-refractivity contribution in [2.75, 3.05) is 11.5 Å². The van der Waals surface area contributed by atoms with Gasteiger partial charge in [0.15, 0.2) is 9.84 Å². The minimum atomic E-state index is -2.93. The lowest BCUT2D eigenvalue weighted by molar-refractivity contribution is -0.121. The fourth-order valence-electron chi connectivity index (χ4n) is 2.09. The molecule has 1 amide bonds. The Kier molecular flexibility index (Phi) is 4.93. The molecule has 1 aliphatic rings. The van der Waals surface area contributed by atoms with Gasteiger partial charge in [-0.2, -0.15) is 5.10 Å². The van der Waals surface area contributed by atoms with E-state index in [9.17, 15) is 13.2 Å². The summed E-state index contributed by atoms with van der Waals surface area (Å²) in [5.41, 5.74) is 3.29. The lowest BCUT2D eigenvalue weighted by Crippen LogP contribution is -2.21. The van der Waals surface area contributed by atoms with Gasteiger partial charge in [-0.1, -0.05) is 34.1 Å². The first-order chi connectivity index (χ1) is 9.46.